The van der Waals surface area contributed by atoms with Crippen molar-refractivity contribution in [1.29, 1.82) is 0 Å². The van der Waals surface area contributed by atoms with Crippen molar-refractivity contribution < 1.29 is 22.8 Å². The predicted molar refractivity (Wildman–Crippen MR) is 105 cm³/mol. The molecule has 0 unspecified atom stereocenters. The van der Waals surface area contributed by atoms with E-state index < -0.39 is 15.9 Å². The fourth-order valence-electron chi connectivity index (χ4n) is 4.18. The van der Waals surface area contributed by atoms with E-state index in [-0.39, 0.29) is 35.1 Å². The predicted octanol–water partition coefficient (Wildman–Crippen LogP) is 1.36. The van der Waals surface area contributed by atoms with Crippen LogP contribution in [-0.4, -0.2) is 55.0 Å². The normalized spacial score (nSPS) is 24.8. The minimum Gasteiger partial charge on any atom is -0.324 e. The lowest BCUT2D eigenvalue weighted by molar-refractivity contribution is -0.142. The minimum atomic E-state index is -3.59. The van der Waals surface area contributed by atoms with E-state index in [0.717, 1.165) is 17.7 Å². The van der Waals surface area contributed by atoms with Crippen LogP contribution >= 0.6 is 0 Å². The molecular weight excluding hydrogens is 394 g/mol. The first-order valence-electron chi connectivity index (χ1n) is 9.78. The van der Waals surface area contributed by atoms with Crippen LogP contribution in [0.5, 0.6) is 0 Å². The second-order valence-corrected chi connectivity index (χ2v) is 9.54. The summed E-state index contributed by atoms with van der Waals surface area (Å²) in [7, 11) is -3.59. The van der Waals surface area contributed by atoms with Gasteiger partial charge in [-0.1, -0.05) is 18.2 Å². The number of amides is 3. The van der Waals surface area contributed by atoms with E-state index in [4.69, 9.17) is 0 Å². The van der Waals surface area contributed by atoms with Gasteiger partial charge in [0.25, 0.3) is 0 Å². The Balaban J connectivity index is 1.44. The maximum atomic E-state index is 12.7. The number of imide groups is 1. The molecule has 8 nitrogen and oxygen atoms in total. The molecule has 2 heterocycles. The van der Waals surface area contributed by atoms with Gasteiger partial charge in [0.2, 0.25) is 27.7 Å². The molecule has 2 atom stereocenters. The Morgan fingerprint density at radius 3 is 2.28 bits per heavy atom. The van der Waals surface area contributed by atoms with Gasteiger partial charge in [-0.15, -0.1) is 0 Å². The molecule has 1 N–H and O–H groups in total. The number of fused-ring (bicyclic) bond motifs is 1. The summed E-state index contributed by atoms with van der Waals surface area (Å²) in [6.07, 6.45) is 6.49. The fraction of sp³-hybridized carbons (Fsp3) is 0.450. The molecule has 0 aromatic heterocycles. The van der Waals surface area contributed by atoms with Crippen LogP contribution < -0.4 is 5.32 Å². The summed E-state index contributed by atoms with van der Waals surface area (Å²) in [6.45, 7) is 0.623. The Bertz CT molecular complexity index is 956. The van der Waals surface area contributed by atoms with Crippen molar-refractivity contribution in [1.82, 2.24) is 9.21 Å². The number of nitrogens with one attached hydrogen (secondary N) is 1. The maximum absolute atomic E-state index is 12.7. The molecule has 0 spiro atoms. The number of likely N-dealkylation sites (tertiary alicyclic amines) is 1. The van der Waals surface area contributed by atoms with E-state index in [1.165, 1.54) is 16.4 Å². The standard InChI is InChI=1S/C20H23N3O5S/c24-18(13-23-19(25)16-8-1-2-9-17(16)20(23)26)21-14-6-5-7-15(12-14)29(27,28)22-10-3-4-11-22/h1-2,5-7,12,16-17H,3-4,8-11,13H2,(H,21,24)/t16-,17-/m0/s1. The van der Waals surface area contributed by atoms with Crippen molar-refractivity contribution in [3.63, 3.8) is 0 Å². The first-order valence-corrected chi connectivity index (χ1v) is 11.2. The Morgan fingerprint density at radius 1 is 1.03 bits per heavy atom. The van der Waals surface area contributed by atoms with E-state index in [0.29, 0.717) is 31.6 Å². The summed E-state index contributed by atoms with van der Waals surface area (Å²) in [5.41, 5.74) is 0.313. The lowest BCUT2D eigenvalue weighted by Gasteiger charge is -2.17. The number of rotatable bonds is 5. The van der Waals surface area contributed by atoms with Crippen LogP contribution in [-0.2, 0) is 24.4 Å². The summed E-state index contributed by atoms with van der Waals surface area (Å²) in [5, 5.41) is 2.61. The zero-order chi connectivity index (χ0) is 20.6. The highest BCUT2D eigenvalue weighted by Crippen LogP contribution is 2.34. The minimum absolute atomic E-state index is 0.114. The van der Waals surface area contributed by atoms with Crippen LogP contribution in [0.1, 0.15) is 25.7 Å². The van der Waals surface area contributed by atoms with Gasteiger partial charge in [0.1, 0.15) is 6.54 Å². The molecule has 0 bridgehead atoms. The number of nitrogens with zero attached hydrogens (tertiary/aromatic N) is 2. The maximum Gasteiger partial charge on any atom is 0.244 e. The summed E-state index contributed by atoms with van der Waals surface area (Å²) in [6, 6.07) is 6.04. The van der Waals surface area contributed by atoms with Gasteiger partial charge in [0, 0.05) is 18.8 Å². The highest BCUT2D eigenvalue weighted by Gasteiger charge is 2.47. The molecule has 9 heteroatoms. The third kappa shape index (κ3) is 3.72. The summed E-state index contributed by atoms with van der Waals surface area (Å²) >= 11 is 0. The molecule has 0 saturated carbocycles. The van der Waals surface area contributed by atoms with Gasteiger partial charge >= 0.3 is 0 Å². The molecule has 1 aromatic carbocycles. The zero-order valence-corrected chi connectivity index (χ0v) is 16.7. The summed E-state index contributed by atoms with van der Waals surface area (Å²) < 4.78 is 26.8. The zero-order valence-electron chi connectivity index (χ0n) is 15.9. The third-order valence-corrected chi connectivity index (χ3v) is 7.62. The molecule has 4 rings (SSSR count). The highest BCUT2D eigenvalue weighted by atomic mass is 32.2. The quantitative estimate of drug-likeness (QED) is 0.576. The molecule has 2 fully saturated rings. The molecule has 2 saturated heterocycles. The van der Waals surface area contributed by atoms with Crippen LogP contribution in [0.15, 0.2) is 41.3 Å². The number of carbonyl (C=O) groups is 3. The number of benzene rings is 1. The molecule has 2 aliphatic heterocycles. The molecule has 154 valence electrons. The van der Waals surface area contributed by atoms with E-state index in [1.807, 2.05) is 12.2 Å². The van der Waals surface area contributed by atoms with E-state index in [2.05, 4.69) is 5.32 Å². The van der Waals surface area contributed by atoms with Gasteiger partial charge in [0.15, 0.2) is 0 Å². The van der Waals surface area contributed by atoms with Crippen LogP contribution in [0.2, 0.25) is 0 Å². The van der Waals surface area contributed by atoms with E-state index in [1.54, 1.807) is 12.1 Å². The molecule has 1 aliphatic carbocycles. The Labute approximate surface area is 169 Å². The van der Waals surface area contributed by atoms with Crippen molar-refractivity contribution in [3.8, 4) is 0 Å². The van der Waals surface area contributed by atoms with Gasteiger partial charge in [-0.3, -0.25) is 19.3 Å². The Kier molecular flexibility index (Phi) is 5.26. The largest absolute Gasteiger partial charge is 0.324 e. The topological polar surface area (TPSA) is 104 Å². The summed E-state index contributed by atoms with van der Waals surface area (Å²) in [5.74, 6) is -1.92. The van der Waals surface area contributed by atoms with Crippen molar-refractivity contribution in [2.45, 2.75) is 30.6 Å². The lowest BCUT2D eigenvalue weighted by Crippen LogP contribution is -2.38. The third-order valence-electron chi connectivity index (χ3n) is 5.72. The van der Waals surface area contributed by atoms with Gasteiger partial charge < -0.3 is 5.32 Å². The monoisotopic (exact) mass is 417 g/mol. The van der Waals surface area contributed by atoms with Crippen molar-refractivity contribution in [2.75, 3.05) is 25.0 Å². The first-order chi connectivity index (χ1) is 13.9. The fourth-order valence-corrected chi connectivity index (χ4v) is 5.74. The molecular formula is C20H23N3O5S. The van der Waals surface area contributed by atoms with E-state index >= 15 is 0 Å². The number of carbonyl (C=O) groups excluding carboxylic acids is 3. The Hall–Kier alpha value is -2.52. The van der Waals surface area contributed by atoms with Gasteiger partial charge in [-0.25, -0.2) is 8.42 Å². The SMILES string of the molecule is O=C(CN1C(=O)[C@H]2CC=CC[C@@H]2C1=O)Nc1cccc(S(=O)(=O)N2CCCC2)c1. The van der Waals surface area contributed by atoms with Gasteiger partial charge in [0.05, 0.1) is 16.7 Å². The number of allylic oxidation sites excluding steroid dienone is 2. The number of anilines is 1. The van der Waals surface area contributed by atoms with Crippen molar-refractivity contribution in [3.05, 3.63) is 36.4 Å². The first kappa shape index (κ1) is 19.8. The number of hydrogen-bond donors (Lipinski definition) is 1. The second kappa shape index (κ2) is 7.72. The van der Waals surface area contributed by atoms with Crippen molar-refractivity contribution >= 4 is 33.4 Å². The molecule has 1 aromatic rings. The van der Waals surface area contributed by atoms with Crippen LogP contribution in [0, 0.1) is 11.8 Å². The van der Waals surface area contributed by atoms with Gasteiger partial charge in [-0.05, 0) is 43.9 Å². The van der Waals surface area contributed by atoms with Crippen LogP contribution in [0.25, 0.3) is 0 Å². The lowest BCUT2D eigenvalue weighted by atomic mass is 9.85. The van der Waals surface area contributed by atoms with Crippen LogP contribution in [0.4, 0.5) is 5.69 Å². The summed E-state index contributed by atoms with van der Waals surface area (Å²) in [4.78, 5) is 38.5. The number of sulfonamides is 1. The average Bonchev–Trinajstić information content (AvgIpc) is 3.33. The molecule has 29 heavy (non-hydrogen) atoms. The second-order valence-electron chi connectivity index (χ2n) is 7.61. The van der Waals surface area contributed by atoms with Crippen LogP contribution in [0.3, 0.4) is 0 Å². The number of hydrogen-bond acceptors (Lipinski definition) is 5. The van der Waals surface area contributed by atoms with Gasteiger partial charge in [-0.2, -0.15) is 4.31 Å². The highest BCUT2D eigenvalue weighted by molar-refractivity contribution is 7.89. The molecule has 3 aliphatic rings. The molecule has 3 amide bonds. The van der Waals surface area contributed by atoms with E-state index in [9.17, 15) is 22.8 Å². The van der Waals surface area contributed by atoms with Crippen molar-refractivity contribution in [2.24, 2.45) is 11.8 Å². The smallest absolute Gasteiger partial charge is 0.244 e. The molecule has 0 radical (unpaired) electrons. The average molecular weight is 417 g/mol. The Morgan fingerprint density at radius 2 is 1.66 bits per heavy atom.